The second-order valence-electron chi connectivity index (χ2n) is 11.1. The molecule has 3 heterocycles. The predicted molar refractivity (Wildman–Crippen MR) is 169 cm³/mol. The summed E-state index contributed by atoms with van der Waals surface area (Å²) in [5.74, 6) is 0.119. The van der Waals surface area contributed by atoms with Crippen molar-refractivity contribution in [3.63, 3.8) is 0 Å². The summed E-state index contributed by atoms with van der Waals surface area (Å²) in [6.45, 7) is 3.69. The van der Waals surface area contributed by atoms with Gasteiger partial charge in [-0.3, -0.25) is 9.36 Å². The highest BCUT2D eigenvalue weighted by molar-refractivity contribution is 9.10. The lowest BCUT2D eigenvalue weighted by Crippen LogP contribution is -2.28. The maximum atomic E-state index is 14.8. The lowest BCUT2D eigenvalue weighted by atomic mass is 10.1. The Kier molecular flexibility index (Phi) is 8.23. The van der Waals surface area contributed by atoms with E-state index >= 15 is 0 Å². The number of benzene rings is 3. The first-order chi connectivity index (χ1) is 21.9. The number of hydrogen-bond acceptors (Lipinski definition) is 7. The van der Waals surface area contributed by atoms with Gasteiger partial charge in [-0.1, -0.05) is 38.1 Å². The molecule has 0 spiro atoms. The molecule has 0 fully saturated rings. The van der Waals surface area contributed by atoms with Crippen LogP contribution in [0, 0.1) is 11.7 Å². The molecule has 46 heavy (non-hydrogen) atoms. The molecule has 3 aromatic heterocycles. The van der Waals surface area contributed by atoms with Crippen LogP contribution < -0.4 is 16.0 Å². The Hall–Kier alpha value is -4.85. The van der Waals surface area contributed by atoms with Crippen LogP contribution in [0.1, 0.15) is 30.8 Å². The van der Waals surface area contributed by atoms with E-state index in [-0.39, 0.29) is 46.4 Å². The van der Waals surface area contributed by atoms with Gasteiger partial charge >= 0.3 is 6.18 Å². The van der Waals surface area contributed by atoms with Gasteiger partial charge in [0.1, 0.15) is 41.8 Å². The number of fused-ring (bicyclic) bond motifs is 2. The van der Waals surface area contributed by atoms with Crippen molar-refractivity contribution in [2.75, 3.05) is 12.3 Å². The van der Waals surface area contributed by atoms with E-state index < -0.39 is 29.7 Å². The molecule has 14 heteroatoms. The van der Waals surface area contributed by atoms with Crippen molar-refractivity contribution < 1.29 is 22.3 Å². The van der Waals surface area contributed by atoms with Gasteiger partial charge in [-0.15, -0.1) is 0 Å². The molecule has 3 aromatic carbocycles. The molecule has 0 aliphatic heterocycles. The Morgan fingerprint density at radius 1 is 1.00 bits per heavy atom. The molecule has 6 rings (SSSR count). The molecule has 236 valence electrons. The largest absolute Gasteiger partial charge is 0.493 e. The third kappa shape index (κ3) is 6.04. The van der Waals surface area contributed by atoms with Crippen LogP contribution in [0.3, 0.4) is 0 Å². The zero-order valence-corrected chi connectivity index (χ0v) is 26.1. The highest BCUT2D eigenvalue weighted by atomic mass is 79.9. The van der Waals surface area contributed by atoms with Crippen molar-refractivity contribution in [3.8, 4) is 17.0 Å². The number of nitrogens with zero attached hydrogens (tertiary/aromatic N) is 6. The van der Waals surface area contributed by atoms with Crippen LogP contribution in [0.25, 0.3) is 33.2 Å². The quantitative estimate of drug-likeness (QED) is 0.174. The fourth-order valence-electron chi connectivity index (χ4n) is 5.18. The minimum atomic E-state index is -4.64. The molecule has 2 N–H and O–H groups in total. The van der Waals surface area contributed by atoms with Crippen molar-refractivity contribution in [2.24, 2.45) is 5.92 Å². The van der Waals surface area contributed by atoms with Crippen LogP contribution in [-0.4, -0.2) is 35.9 Å². The van der Waals surface area contributed by atoms with Gasteiger partial charge in [0, 0.05) is 16.1 Å². The average molecular weight is 697 g/mol. The van der Waals surface area contributed by atoms with Crippen LogP contribution in [0.2, 0.25) is 0 Å². The van der Waals surface area contributed by atoms with Crippen molar-refractivity contribution in [3.05, 3.63) is 105 Å². The maximum absolute atomic E-state index is 14.8. The van der Waals surface area contributed by atoms with Crippen LogP contribution in [0.5, 0.6) is 5.75 Å². The fraction of sp³-hybridized carbons (Fsp3) is 0.219. The Balaban J connectivity index is 1.53. The molecule has 0 unspecified atom stereocenters. The molecule has 0 saturated heterocycles. The van der Waals surface area contributed by atoms with Crippen LogP contribution in [0.15, 0.2) is 76.3 Å². The number of nitrogens with two attached hydrogens (primary N) is 1. The molecule has 0 amide bonds. The summed E-state index contributed by atoms with van der Waals surface area (Å²) in [6, 6.07) is 14.2. The minimum Gasteiger partial charge on any atom is -0.493 e. The van der Waals surface area contributed by atoms with Gasteiger partial charge in [-0.05, 0) is 57.7 Å². The summed E-state index contributed by atoms with van der Waals surface area (Å²) >= 11 is 3.38. The van der Waals surface area contributed by atoms with Gasteiger partial charge in [0.2, 0.25) is 0 Å². The summed E-state index contributed by atoms with van der Waals surface area (Å²) in [6.07, 6.45) is -3.41. The molecule has 9 nitrogen and oxygen atoms in total. The number of halogens is 5. The zero-order valence-electron chi connectivity index (χ0n) is 24.5. The molecular weight excluding hydrogens is 670 g/mol. The SMILES string of the molecule is CC(C)COc1cc(F)cc(-c2nn(Cc3nc4cccc(Br)c4c(=O)n3Cc3ccccc3C(F)(F)F)c3ncnc(N)c23)c1. The van der Waals surface area contributed by atoms with E-state index in [1.54, 1.807) is 24.3 Å². The Bertz CT molecular complexity index is 2160. The summed E-state index contributed by atoms with van der Waals surface area (Å²) < 4.78 is 65.4. The van der Waals surface area contributed by atoms with E-state index in [0.29, 0.717) is 33.3 Å². The second kappa shape index (κ2) is 12.2. The van der Waals surface area contributed by atoms with Gasteiger partial charge in [-0.2, -0.15) is 18.3 Å². The minimum absolute atomic E-state index is 0.0760. The third-order valence-electron chi connectivity index (χ3n) is 7.24. The van der Waals surface area contributed by atoms with E-state index in [1.807, 2.05) is 13.8 Å². The highest BCUT2D eigenvalue weighted by Crippen LogP contribution is 2.34. The average Bonchev–Trinajstić information content (AvgIpc) is 3.37. The first kappa shape index (κ1) is 31.1. The topological polar surface area (TPSA) is 114 Å². The molecule has 0 atom stereocenters. The number of nitrogen functional groups attached to an aromatic ring is 1. The first-order valence-corrected chi connectivity index (χ1v) is 14.9. The lowest BCUT2D eigenvalue weighted by molar-refractivity contribution is -0.138. The predicted octanol–water partition coefficient (Wildman–Crippen LogP) is 6.84. The van der Waals surface area contributed by atoms with Crippen molar-refractivity contribution in [1.82, 2.24) is 29.3 Å². The van der Waals surface area contributed by atoms with Gasteiger partial charge in [0.05, 0.1) is 35.0 Å². The number of anilines is 1. The Labute approximate surface area is 267 Å². The van der Waals surface area contributed by atoms with E-state index in [1.165, 1.54) is 45.9 Å². The molecule has 6 aromatic rings. The summed E-state index contributed by atoms with van der Waals surface area (Å²) in [5.41, 5.74) is 5.92. The lowest BCUT2D eigenvalue weighted by Gasteiger charge is -2.17. The van der Waals surface area contributed by atoms with Gasteiger partial charge in [0.25, 0.3) is 5.56 Å². The molecule has 0 aliphatic carbocycles. The first-order valence-electron chi connectivity index (χ1n) is 14.1. The molecule has 0 radical (unpaired) electrons. The van der Waals surface area contributed by atoms with Crippen LogP contribution in [0.4, 0.5) is 23.4 Å². The van der Waals surface area contributed by atoms with E-state index in [2.05, 4.69) is 25.9 Å². The molecular formula is C32H26BrF4N7O2. The van der Waals surface area contributed by atoms with Crippen molar-refractivity contribution in [1.29, 1.82) is 0 Å². The number of alkyl halides is 3. The third-order valence-corrected chi connectivity index (χ3v) is 7.90. The smallest absolute Gasteiger partial charge is 0.416 e. The number of rotatable bonds is 8. The molecule has 0 bridgehead atoms. The maximum Gasteiger partial charge on any atom is 0.416 e. The van der Waals surface area contributed by atoms with E-state index in [9.17, 15) is 22.4 Å². The summed E-state index contributed by atoms with van der Waals surface area (Å²) in [4.78, 5) is 27.1. The Morgan fingerprint density at radius 3 is 2.54 bits per heavy atom. The van der Waals surface area contributed by atoms with Crippen LogP contribution >= 0.6 is 15.9 Å². The zero-order chi connectivity index (χ0) is 32.7. The van der Waals surface area contributed by atoms with Gasteiger partial charge in [-0.25, -0.2) is 24.0 Å². The molecule has 0 saturated carbocycles. The number of hydrogen-bond donors (Lipinski definition) is 1. The van der Waals surface area contributed by atoms with E-state index in [0.717, 1.165) is 6.07 Å². The monoisotopic (exact) mass is 695 g/mol. The second-order valence-corrected chi connectivity index (χ2v) is 11.9. The molecule has 0 aliphatic rings. The normalized spacial score (nSPS) is 12.0. The fourth-order valence-corrected chi connectivity index (χ4v) is 5.71. The summed E-state index contributed by atoms with van der Waals surface area (Å²) in [7, 11) is 0. The van der Waals surface area contributed by atoms with Gasteiger partial charge < -0.3 is 10.5 Å². The van der Waals surface area contributed by atoms with Crippen molar-refractivity contribution >= 4 is 43.7 Å². The van der Waals surface area contributed by atoms with Gasteiger partial charge in [0.15, 0.2) is 5.65 Å². The standard InChI is InChI=1S/C32H26BrF4N7O2/c1-17(2)15-46-21-11-19(10-20(34)12-21)28-27-29(38)39-16-40-30(27)44(42-28)14-25-41-24-9-5-8-23(33)26(24)31(45)43(25)13-18-6-3-4-7-22(18)32(35,36)37/h3-12,16-17H,13-15H2,1-2H3,(H2,38,39,40). The van der Waals surface area contributed by atoms with E-state index in [4.69, 9.17) is 20.6 Å². The Morgan fingerprint density at radius 2 is 1.78 bits per heavy atom. The summed E-state index contributed by atoms with van der Waals surface area (Å²) in [5, 5.41) is 5.22. The number of ether oxygens (including phenoxy) is 1. The number of aromatic nitrogens is 6. The van der Waals surface area contributed by atoms with Crippen molar-refractivity contribution in [2.45, 2.75) is 33.1 Å². The van der Waals surface area contributed by atoms with Crippen LogP contribution in [-0.2, 0) is 19.3 Å². The highest BCUT2D eigenvalue weighted by Gasteiger charge is 2.33.